The van der Waals surface area contributed by atoms with Crippen molar-refractivity contribution < 1.29 is 0 Å². The second-order valence-corrected chi connectivity index (χ2v) is 3.39. The molecular weight excluding hydrogens is 132 g/mol. The van der Waals surface area contributed by atoms with Gasteiger partial charge in [-0.05, 0) is 18.8 Å². The Kier molecular flexibility index (Phi) is 7.66. The molecule has 0 fully saturated rings. The number of hydrogen-bond acceptors (Lipinski definition) is 0. The third kappa shape index (κ3) is 7.64. The van der Waals surface area contributed by atoms with Crippen LogP contribution in [0.4, 0.5) is 0 Å². The quantitative estimate of drug-likeness (QED) is 0.504. The van der Waals surface area contributed by atoms with Gasteiger partial charge in [0.1, 0.15) is 0 Å². The van der Waals surface area contributed by atoms with E-state index < -0.39 is 0 Å². The topological polar surface area (TPSA) is 0 Å². The van der Waals surface area contributed by atoms with Crippen LogP contribution in [0.5, 0.6) is 0 Å². The first-order valence-corrected chi connectivity index (χ1v) is 4.96. The van der Waals surface area contributed by atoms with Crippen LogP contribution in [0.25, 0.3) is 0 Å². The number of hydrogen-bond donors (Lipinski definition) is 0. The van der Waals surface area contributed by atoms with Gasteiger partial charge in [0, 0.05) is 0 Å². The fourth-order valence-electron chi connectivity index (χ4n) is 1.22. The van der Waals surface area contributed by atoms with Crippen LogP contribution in [0.15, 0.2) is 12.2 Å². The monoisotopic (exact) mass is 154 g/mol. The maximum Gasteiger partial charge on any atom is -0.0325 e. The zero-order valence-electron chi connectivity index (χ0n) is 8.27. The molecule has 0 saturated heterocycles. The lowest BCUT2D eigenvalue weighted by Gasteiger charge is -2.04. The van der Waals surface area contributed by atoms with Gasteiger partial charge in [0.05, 0.1) is 0 Å². The van der Waals surface area contributed by atoms with E-state index in [0.717, 1.165) is 5.92 Å². The molecule has 0 aromatic carbocycles. The molecule has 1 unspecified atom stereocenters. The molecule has 0 nitrogen and oxygen atoms in total. The first-order chi connectivity index (χ1) is 5.31. The van der Waals surface area contributed by atoms with E-state index >= 15 is 0 Å². The predicted molar refractivity (Wildman–Crippen MR) is 52.7 cm³/mol. The van der Waals surface area contributed by atoms with Gasteiger partial charge in [0.25, 0.3) is 0 Å². The molecule has 0 aromatic rings. The van der Waals surface area contributed by atoms with Crippen LogP contribution < -0.4 is 0 Å². The molecule has 0 spiro atoms. The fourth-order valence-corrected chi connectivity index (χ4v) is 1.22. The second-order valence-electron chi connectivity index (χ2n) is 3.39. The maximum atomic E-state index is 2.34. The molecule has 0 radical (unpaired) electrons. The largest absolute Gasteiger partial charge is 0.0885 e. The summed E-state index contributed by atoms with van der Waals surface area (Å²) in [4.78, 5) is 0. The summed E-state index contributed by atoms with van der Waals surface area (Å²) in [5.74, 6) is 0.883. The van der Waals surface area contributed by atoms with Gasteiger partial charge in [-0.1, -0.05) is 52.2 Å². The molecule has 0 aliphatic heterocycles. The molecule has 0 amide bonds. The highest BCUT2D eigenvalue weighted by Gasteiger charge is 1.95. The molecule has 0 aliphatic rings. The van der Waals surface area contributed by atoms with E-state index in [0.29, 0.717) is 0 Å². The summed E-state index contributed by atoms with van der Waals surface area (Å²) in [6.07, 6.45) is 11.1. The van der Waals surface area contributed by atoms with E-state index in [4.69, 9.17) is 0 Å². The summed E-state index contributed by atoms with van der Waals surface area (Å²) in [5.41, 5.74) is 0. The van der Waals surface area contributed by atoms with Crippen molar-refractivity contribution in [3.8, 4) is 0 Å². The Morgan fingerprint density at radius 3 is 2.36 bits per heavy atom. The molecule has 0 rings (SSSR count). The molecule has 0 aromatic heterocycles. The molecule has 0 aliphatic carbocycles. The molecule has 0 saturated carbocycles. The molecule has 66 valence electrons. The van der Waals surface area contributed by atoms with Gasteiger partial charge in [0.2, 0.25) is 0 Å². The van der Waals surface area contributed by atoms with Crippen molar-refractivity contribution in [2.75, 3.05) is 0 Å². The Balaban J connectivity index is 3.21. The van der Waals surface area contributed by atoms with E-state index in [2.05, 4.69) is 32.9 Å². The van der Waals surface area contributed by atoms with Crippen LogP contribution in [0, 0.1) is 5.92 Å². The molecular formula is C11H22. The van der Waals surface area contributed by atoms with Crippen molar-refractivity contribution in [3.63, 3.8) is 0 Å². The summed E-state index contributed by atoms with van der Waals surface area (Å²) in [6, 6.07) is 0. The fraction of sp³-hybridized carbons (Fsp3) is 0.818. The average Bonchev–Trinajstić information content (AvgIpc) is 1.99. The summed E-state index contributed by atoms with van der Waals surface area (Å²) in [6.45, 7) is 6.81. The minimum absolute atomic E-state index is 0.883. The lowest BCUT2D eigenvalue weighted by Crippen LogP contribution is -1.90. The van der Waals surface area contributed by atoms with Gasteiger partial charge >= 0.3 is 0 Å². The predicted octanol–water partition coefficient (Wildman–Crippen LogP) is 4.17. The molecule has 0 heterocycles. The summed E-state index contributed by atoms with van der Waals surface area (Å²) in [5, 5.41) is 0. The highest BCUT2D eigenvalue weighted by molar-refractivity contribution is 4.82. The van der Waals surface area contributed by atoms with Gasteiger partial charge in [-0.3, -0.25) is 0 Å². The van der Waals surface area contributed by atoms with Crippen LogP contribution in [0.3, 0.4) is 0 Å². The lowest BCUT2D eigenvalue weighted by molar-refractivity contribution is 0.531. The van der Waals surface area contributed by atoms with Crippen LogP contribution in [-0.2, 0) is 0 Å². The average molecular weight is 154 g/mol. The van der Waals surface area contributed by atoms with Gasteiger partial charge in [0.15, 0.2) is 0 Å². The second kappa shape index (κ2) is 7.84. The maximum absolute atomic E-state index is 2.34. The minimum atomic E-state index is 0.883. The minimum Gasteiger partial charge on any atom is -0.0885 e. The van der Waals surface area contributed by atoms with E-state index in [-0.39, 0.29) is 0 Å². The van der Waals surface area contributed by atoms with Gasteiger partial charge in [-0.2, -0.15) is 0 Å². The van der Waals surface area contributed by atoms with Gasteiger partial charge < -0.3 is 0 Å². The van der Waals surface area contributed by atoms with Crippen LogP contribution in [0.2, 0.25) is 0 Å². The zero-order valence-corrected chi connectivity index (χ0v) is 8.27. The smallest absolute Gasteiger partial charge is 0.0325 e. The SMILES string of the molecule is CCC/C=C\CC(C)CCC. The van der Waals surface area contributed by atoms with E-state index in [1.165, 1.54) is 32.1 Å². The Morgan fingerprint density at radius 1 is 1.09 bits per heavy atom. The molecule has 0 N–H and O–H groups in total. The van der Waals surface area contributed by atoms with E-state index in [1.54, 1.807) is 0 Å². The van der Waals surface area contributed by atoms with E-state index in [9.17, 15) is 0 Å². The van der Waals surface area contributed by atoms with Crippen molar-refractivity contribution in [1.29, 1.82) is 0 Å². The lowest BCUT2D eigenvalue weighted by atomic mass is 10.0. The summed E-state index contributed by atoms with van der Waals surface area (Å²) < 4.78 is 0. The first kappa shape index (κ1) is 10.7. The third-order valence-corrected chi connectivity index (χ3v) is 1.94. The molecule has 11 heavy (non-hydrogen) atoms. The Bertz CT molecular complexity index is 92.2. The van der Waals surface area contributed by atoms with E-state index in [1.807, 2.05) is 0 Å². The Labute approximate surface area is 71.7 Å². The molecule has 0 heteroatoms. The first-order valence-electron chi connectivity index (χ1n) is 4.96. The van der Waals surface area contributed by atoms with Crippen LogP contribution in [0.1, 0.15) is 52.9 Å². The van der Waals surface area contributed by atoms with Crippen molar-refractivity contribution >= 4 is 0 Å². The Morgan fingerprint density at radius 2 is 1.82 bits per heavy atom. The van der Waals surface area contributed by atoms with Crippen molar-refractivity contribution in [1.82, 2.24) is 0 Å². The molecule has 0 bridgehead atoms. The standard InChI is InChI=1S/C11H22/c1-4-6-7-8-10-11(3)9-5-2/h7-8,11H,4-6,9-10H2,1-3H3/b8-7-. The number of unbranched alkanes of at least 4 members (excludes halogenated alkanes) is 1. The van der Waals surface area contributed by atoms with Crippen molar-refractivity contribution in [2.24, 2.45) is 5.92 Å². The Hall–Kier alpha value is -0.260. The summed E-state index contributed by atoms with van der Waals surface area (Å²) in [7, 11) is 0. The highest BCUT2D eigenvalue weighted by atomic mass is 14.0. The van der Waals surface area contributed by atoms with Crippen molar-refractivity contribution in [3.05, 3.63) is 12.2 Å². The number of rotatable bonds is 6. The normalized spacial score (nSPS) is 14.1. The molecule has 1 atom stereocenters. The van der Waals surface area contributed by atoms with Gasteiger partial charge in [-0.15, -0.1) is 0 Å². The zero-order chi connectivity index (χ0) is 8.53. The van der Waals surface area contributed by atoms with Crippen LogP contribution >= 0.6 is 0 Å². The van der Waals surface area contributed by atoms with Gasteiger partial charge in [-0.25, -0.2) is 0 Å². The van der Waals surface area contributed by atoms with Crippen molar-refractivity contribution in [2.45, 2.75) is 52.9 Å². The highest BCUT2D eigenvalue weighted by Crippen LogP contribution is 2.10. The summed E-state index contributed by atoms with van der Waals surface area (Å²) >= 11 is 0. The number of allylic oxidation sites excluding steroid dienone is 2. The third-order valence-electron chi connectivity index (χ3n) is 1.94. The van der Waals surface area contributed by atoms with Crippen LogP contribution in [-0.4, -0.2) is 0 Å².